The normalized spacial score (nSPS) is 14.1. The van der Waals surface area contributed by atoms with Gasteiger partial charge in [0.2, 0.25) is 5.91 Å². The number of alkyl carbamates (subject to hydrolysis) is 1. The molecule has 2 atom stereocenters. The summed E-state index contributed by atoms with van der Waals surface area (Å²) in [6.45, 7) is 9.11. The van der Waals surface area contributed by atoms with Crippen LogP contribution < -0.4 is 11.1 Å². The van der Waals surface area contributed by atoms with Crippen molar-refractivity contribution in [2.24, 2.45) is 5.73 Å². The number of nitrogens with two attached hydrogens (primary N) is 1. The number of nitrogens with one attached hydrogen (secondary N) is 1. The Kier molecular flexibility index (Phi) is 5.35. The van der Waals surface area contributed by atoms with Crippen LogP contribution in [0.25, 0.3) is 0 Å². The van der Waals surface area contributed by atoms with Gasteiger partial charge in [0, 0.05) is 5.92 Å². The van der Waals surface area contributed by atoms with Crippen molar-refractivity contribution in [3.8, 4) is 0 Å². The number of amides is 2. The van der Waals surface area contributed by atoms with Gasteiger partial charge >= 0.3 is 6.09 Å². The largest absolute Gasteiger partial charge is 0.444 e. The van der Waals surface area contributed by atoms with Crippen LogP contribution in [0.3, 0.4) is 0 Å². The second kappa shape index (κ2) is 6.61. The van der Waals surface area contributed by atoms with Crippen LogP contribution in [0.5, 0.6) is 0 Å². The van der Waals surface area contributed by atoms with Crippen molar-refractivity contribution in [2.75, 3.05) is 0 Å². The monoisotopic (exact) mass is 292 g/mol. The molecule has 5 nitrogen and oxygen atoms in total. The summed E-state index contributed by atoms with van der Waals surface area (Å²) in [4.78, 5) is 23.5. The second-order valence-electron chi connectivity index (χ2n) is 6.23. The van der Waals surface area contributed by atoms with E-state index in [0.717, 1.165) is 11.1 Å². The van der Waals surface area contributed by atoms with Gasteiger partial charge in [0.1, 0.15) is 11.6 Å². The van der Waals surface area contributed by atoms with Gasteiger partial charge in [0.25, 0.3) is 0 Å². The van der Waals surface area contributed by atoms with Crippen LogP contribution in [0, 0.1) is 6.92 Å². The quantitative estimate of drug-likeness (QED) is 0.894. The molecule has 5 heteroatoms. The molecule has 0 aliphatic rings. The van der Waals surface area contributed by atoms with E-state index in [2.05, 4.69) is 5.32 Å². The average Bonchev–Trinajstić information content (AvgIpc) is 2.33. The molecule has 0 saturated carbocycles. The predicted octanol–water partition coefficient (Wildman–Crippen LogP) is 2.48. The Morgan fingerprint density at radius 1 is 1.19 bits per heavy atom. The molecule has 2 amide bonds. The van der Waals surface area contributed by atoms with Gasteiger partial charge < -0.3 is 15.8 Å². The van der Waals surface area contributed by atoms with Gasteiger partial charge in [0.05, 0.1) is 0 Å². The van der Waals surface area contributed by atoms with E-state index in [9.17, 15) is 9.59 Å². The Morgan fingerprint density at radius 3 is 2.14 bits per heavy atom. The number of aryl methyl sites for hydroxylation is 1. The molecule has 0 heterocycles. The Morgan fingerprint density at radius 2 is 1.71 bits per heavy atom. The third-order valence-electron chi connectivity index (χ3n) is 3.08. The van der Waals surface area contributed by atoms with Gasteiger partial charge in [-0.25, -0.2) is 4.79 Å². The Bertz CT molecular complexity index is 503. The zero-order valence-corrected chi connectivity index (χ0v) is 13.3. The number of ether oxygens (including phenoxy) is 1. The molecule has 21 heavy (non-hydrogen) atoms. The zero-order chi connectivity index (χ0) is 16.2. The third kappa shape index (κ3) is 5.45. The first-order valence-corrected chi connectivity index (χ1v) is 6.95. The molecule has 3 N–H and O–H groups in total. The van der Waals surface area contributed by atoms with Crippen LogP contribution in [0.2, 0.25) is 0 Å². The van der Waals surface area contributed by atoms with Gasteiger partial charge in [0.15, 0.2) is 0 Å². The van der Waals surface area contributed by atoms with E-state index in [0.29, 0.717) is 0 Å². The third-order valence-corrected chi connectivity index (χ3v) is 3.08. The summed E-state index contributed by atoms with van der Waals surface area (Å²) in [6, 6.07) is 6.94. The number of benzene rings is 1. The molecule has 1 aromatic rings. The highest BCUT2D eigenvalue weighted by molar-refractivity contribution is 5.85. The van der Waals surface area contributed by atoms with Crippen LogP contribution >= 0.6 is 0 Å². The molecule has 0 spiro atoms. The second-order valence-corrected chi connectivity index (χ2v) is 6.23. The summed E-state index contributed by atoms with van der Waals surface area (Å²) in [5.41, 5.74) is 6.84. The smallest absolute Gasteiger partial charge is 0.408 e. The first-order chi connectivity index (χ1) is 9.60. The van der Waals surface area contributed by atoms with Crippen LogP contribution in [0.15, 0.2) is 24.3 Å². The highest BCUT2D eigenvalue weighted by Gasteiger charge is 2.28. The maximum atomic E-state index is 11.8. The lowest BCUT2D eigenvalue weighted by atomic mass is 9.92. The first kappa shape index (κ1) is 17.0. The molecular formula is C16H24N2O3. The first-order valence-electron chi connectivity index (χ1n) is 6.95. The summed E-state index contributed by atoms with van der Waals surface area (Å²) in [6.07, 6.45) is -0.648. The standard InChI is InChI=1S/C16H24N2O3/c1-10-6-8-12(9-7-10)11(2)13(14(17)19)18-15(20)21-16(3,4)5/h6-9,11,13H,1-5H3,(H2,17,19)(H,18,20)/t11-,13+/m1/s1. The summed E-state index contributed by atoms with van der Waals surface area (Å²) in [7, 11) is 0. The van der Waals surface area contributed by atoms with E-state index in [1.54, 1.807) is 20.8 Å². The van der Waals surface area contributed by atoms with Crippen molar-refractivity contribution in [1.29, 1.82) is 0 Å². The van der Waals surface area contributed by atoms with E-state index in [-0.39, 0.29) is 5.92 Å². The summed E-state index contributed by atoms with van der Waals surface area (Å²) < 4.78 is 5.17. The Hall–Kier alpha value is -2.04. The molecule has 0 bridgehead atoms. The molecule has 0 aliphatic carbocycles. The summed E-state index contributed by atoms with van der Waals surface area (Å²) in [5.74, 6) is -0.829. The lowest BCUT2D eigenvalue weighted by Gasteiger charge is -2.25. The fraction of sp³-hybridized carbons (Fsp3) is 0.500. The maximum absolute atomic E-state index is 11.8. The van der Waals surface area contributed by atoms with E-state index in [1.165, 1.54) is 0 Å². The highest BCUT2D eigenvalue weighted by Crippen LogP contribution is 2.20. The molecule has 0 aromatic heterocycles. The van der Waals surface area contributed by atoms with Crippen LogP contribution in [0.4, 0.5) is 4.79 Å². The highest BCUT2D eigenvalue weighted by atomic mass is 16.6. The number of hydrogen-bond donors (Lipinski definition) is 2. The number of rotatable bonds is 4. The number of primary amides is 1. The minimum Gasteiger partial charge on any atom is -0.444 e. The van der Waals surface area contributed by atoms with Gasteiger partial charge in [-0.15, -0.1) is 0 Å². The van der Waals surface area contributed by atoms with Crippen LogP contribution in [-0.4, -0.2) is 23.6 Å². The molecule has 116 valence electrons. The topological polar surface area (TPSA) is 81.4 Å². The van der Waals surface area contributed by atoms with E-state index >= 15 is 0 Å². The van der Waals surface area contributed by atoms with E-state index in [1.807, 2.05) is 38.1 Å². The minimum absolute atomic E-state index is 0.240. The van der Waals surface area contributed by atoms with Crippen molar-refractivity contribution < 1.29 is 14.3 Å². The Balaban J connectivity index is 2.84. The Labute approximate surface area is 125 Å². The lowest BCUT2D eigenvalue weighted by Crippen LogP contribution is -2.49. The van der Waals surface area contributed by atoms with Crippen LogP contribution in [0.1, 0.15) is 44.7 Å². The maximum Gasteiger partial charge on any atom is 0.408 e. The predicted molar refractivity (Wildman–Crippen MR) is 81.9 cm³/mol. The fourth-order valence-electron chi connectivity index (χ4n) is 1.94. The molecular weight excluding hydrogens is 268 g/mol. The number of hydrogen-bond acceptors (Lipinski definition) is 3. The van der Waals surface area contributed by atoms with Gasteiger partial charge in [-0.3, -0.25) is 4.79 Å². The van der Waals surface area contributed by atoms with Crippen molar-refractivity contribution in [1.82, 2.24) is 5.32 Å². The molecule has 1 rings (SSSR count). The van der Waals surface area contributed by atoms with Crippen molar-refractivity contribution in [3.05, 3.63) is 35.4 Å². The zero-order valence-electron chi connectivity index (χ0n) is 13.3. The SMILES string of the molecule is Cc1ccc([C@@H](C)[C@H](NC(=O)OC(C)(C)C)C(N)=O)cc1. The van der Waals surface area contributed by atoms with Gasteiger partial charge in [-0.2, -0.15) is 0 Å². The summed E-state index contributed by atoms with van der Waals surface area (Å²) in [5, 5.41) is 2.55. The van der Waals surface area contributed by atoms with Gasteiger partial charge in [-0.1, -0.05) is 36.8 Å². The van der Waals surface area contributed by atoms with Crippen molar-refractivity contribution in [3.63, 3.8) is 0 Å². The minimum atomic E-state index is -0.817. The number of carbonyl (C=O) groups excluding carboxylic acids is 2. The molecule has 0 unspecified atom stereocenters. The van der Waals surface area contributed by atoms with Crippen LogP contribution in [-0.2, 0) is 9.53 Å². The molecule has 0 saturated heterocycles. The molecule has 0 aliphatic heterocycles. The fourth-order valence-corrected chi connectivity index (χ4v) is 1.94. The molecule has 0 radical (unpaired) electrons. The van der Waals surface area contributed by atoms with E-state index in [4.69, 9.17) is 10.5 Å². The summed E-state index contributed by atoms with van der Waals surface area (Å²) >= 11 is 0. The van der Waals surface area contributed by atoms with Crippen molar-refractivity contribution in [2.45, 2.75) is 52.2 Å². The van der Waals surface area contributed by atoms with Crippen molar-refractivity contribution >= 4 is 12.0 Å². The number of carbonyl (C=O) groups is 2. The molecule has 1 aromatic carbocycles. The molecule has 0 fully saturated rings. The van der Waals surface area contributed by atoms with Gasteiger partial charge in [-0.05, 0) is 33.3 Å². The average molecular weight is 292 g/mol. The van der Waals surface area contributed by atoms with E-state index < -0.39 is 23.6 Å². The lowest BCUT2D eigenvalue weighted by molar-refractivity contribution is -0.120.